The molecule has 1 nitrogen and oxygen atoms in total. The second-order valence-electron chi connectivity index (χ2n) is 3.81. The molecule has 0 bridgehead atoms. The van der Waals surface area contributed by atoms with E-state index in [1.807, 2.05) is 13.0 Å². The van der Waals surface area contributed by atoms with Gasteiger partial charge in [-0.1, -0.05) is 30.2 Å². The van der Waals surface area contributed by atoms with Gasteiger partial charge < -0.3 is 5.11 Å². The molecule has 0 aromatic rings. The predicted octanol–water partition coefficient (Wildman–Crippen LogP) is 3.45. The zero-order valence-electron chi connectivity index (χ0n) is 9.30. The third-order valence-electron chi connectivity index (χ3n) is 1.99. The lowest BCUT2D eigenvalue weighted by Crippen LogP contribution is -1.99. The quantitative estimate of drug-likeness (QED) is 0.646. The maximum absolute atomic E-state index is 9.35. The fourth-order valence-electron chi connectivity index (χ4n) is 1.12. The summed E-state index contributed by atoms with van der Waals surface area (Å²) >= 11 is 0. The number of hydrogen-bond donors (Lipinski definition) is 1. The van der Waals surface area contributed by atoms with Gasteiger partial charge >= 0.3 is 0 Å². The van der Waals surface area contributed by atoms with Crippen LogP contribution in [0.5, 0.6) is 0 Å². The molecule has 0 aromatic carbocycles. The second-order valence-corrected chi connectivity index (χ2v) is 3.81. The maximum Gasteiger partial charge on any atom is 0.0720 e. The summed E-state index contributed by atoms with van der Waals surface area (Å²) in [5.74, 6) is 0. The van der Waals surface area contributed by atoms with Crippen molar-refractivity contribution >= 4 is 0 Å². The minimum atomic E-state index is -0.258. The van der Waals surface area contributed by atoms with Crippen LogP contribution in [-0.4, -0.2) is 11.2 Å². The van der Waals surface area contributed by atoms with E-state index < -0.39 is 0 Å². The van der Waals surface area contributed by atoms with Gasteiger partial charge in [0.05, 0.1) is 6.10 Å². The molecule has 1 unspecified atom stereocenters. The summed E-state index contributed by atoms with van der Waals surface area (Å²) in [4.78, 5) is 0. The smallest absolute Gasteiger partial charge is 0.0720 e. The Balaban J connectivity index is 3.80. The van der Waals surface area contributed by atoms with Gasteiger partial charge in [-0.05, 0) is 40.0 Å². The van der Waals surface area contributed by atoms with Gasteiger partial charge in [0, 0.05) is 0 Å². The average molecular weight is 182 g/mol. The molecule has 1 heteroatoms. The minimum absolute atomic E-state index is 0.258. The summed E-state index contributed by atoms with van der Waals surface area (Å²) in [6.45, 7) is 8.29. The zero-order valence-corrected chi connectivity index (χ0v) is 9.30. The molecule has 0 aliphatic heterocycles. The zero-order chi connectivity index (χ0) is 10.3. The van der Waals surface area contributed by atoms with Crippen LogP contribution in [0.1, 0.15) is 47.0 Å². The van der Waals surface area contributed by atoms with Crippen LogP contribution in [0.4, 0.5) is 0 Å². The molecular weight excluding hydrogens is 160 g/mol. The van der Waals surface area contributed by atoms with Crippen LogP contribution < -0.4 is 0 Å². The summed E-state index contributed by atoms with van der Waals surface area (Å²) in [7, 11) is 0. The second kappa shape index (κ2) is 6.90. The van der Waals surface area contributed by atoms with Crippen molar-refractivity contribution < 1.29 is 5.11 Å². The molecule has 0 fully saturated rings. The van der Waals surface area contributed by atoms with Crippen molar-refractivity contribution in [2.45, 2.75) is 53.1 Å². The molecule has 0 saturated heterocycles. The van der Waals surface area contributed by atoms with E-state index in [0.717, 1.165) is 19.3 Å². The molecule has 76 valence electrons. The Morgan fingerprint density at radius 1 is 1.31 bits per heavy atom. The van der Waals surface area contributed by atoms with E-state index in [2.05, 4.69) is 26.8 Å². The van der Waals surface area contributed by atoms with Gasteiger partial charge in [0.2, 0.25) is 0 Å². The summed E-state index contributed by atoms with van der Waals surface area (Å²) in [5, 5.41) is 9.35. The predicted molar refractivity (Wildman–Crippen MR) is 58.7 cm³/mol. The monoisotopic (exact) mass is 182 g/mol. The Morgan fingerprint density at radius 3 is 2.38 bits per heavy atom. The SMILES string of the molecule is CCC(O)/C=C(\C)CCC=C(C)C. The third kappa shape index (κ3) is 7.79. The van der Waals surface area contributed by atoms with Crippen molar-refractivity contribution in [1.29, 1.82) is 0 Å². The third-order valence-corrected chi connectivity index (χ3v) is 1.99. The van der Waals surface area contributed by atoms with E-state index in [-0.39, 0.29) is 6.10 Å². The first-order valence-corrected chi connectivity index (χ1v) is 5.05. The topological polar surface area (TPSA) is 20.2 Å². The largest absolute Gasteiger partial charge is 0.389 e. The normalized spacial score (nSPS) is 14.1. The van der Waals surface area contributed by atoms with E-state index in [1.54, 1.807) is 0 Å². The van der Waals surface area contributed by atoms with Crippen molar-refractivity contribution in [3.8, 4) is 0 Å². The van der Waals surface area contributed by atoms with Crippen molar-refractivity contribution in [2.75, 3.05) is 0 Å². The summed E-state index contributed by atoms with van der Waals surface area (Å²) in [5.41, 5.74) is 2.65. The van der Waals surface area contributed by atoms with E-state index >= 15 is 0 Å². The van der Waals surface area contributed by atoms with Gasteiger partial charge in [0.15, 0.2) is 0 Å². The first kappa shape index (κ1) is 12.4. The Morgan fingerprint density at radius 2 is 1.92 bits per heavy atom. The fraction of sp³-hybridized carbons (Fsp3) is 0.667. The van der Waals surface area contributed by atoms with Crippen LogP contribution in [0.25, 0.3) is 0 Å². The molecule has 1 atom stereocenters. The Labute approximate surface area is 82.2 Å². The van der Waals surface area contributed by atoms with Gasteiger partial charge in [0.1, 0.15) is 0 Å². The lowest BCUT2D eigenvalue weighted by molar-refractivity contribution is 0.218. The van der Waals surface area contributed by atoms with Crippen LogP contribution >= 0.6 is 0 Å². The molecule has 0 rings (SSSR count). The number of allylic oxidation sites excluding steroid dienone is 3. The van der Waals surface area contributed by atoms with Gasteiger partial charge in [-0.2, -0.15) is 0 Å². The molecule has 0 saturated carbocycles. The highest BCUT2D eigenvalue weighted by Crippen LogP contribution is 2.08. The van der Waals surface area contributed by atoms with E-state index in [4.69, 9.17) is 0 Å². The van der Waals surface area contributed by atoms with Crippen molar-refractivity contribution in [3.63, 3.8) is 0 Å². The van der Waals surface area contributed by atoms with Gasteiger partial charge in [-0.15, -0.1) is 0 Å². The Kier molecular flexibility index (Phi) is 6.61. The minimum Gasteiger partial charge on any atom is -0.389 e. The molecule has 0 amide bonds. The average Bonchev–Trinajstić information content (AvgIpc) is 2.03. The highest BCUT2D eigenvalue weighted by Gasteiger charge is 1.96. The summed E-state index contributed by atoms with van der Waals surface area (Å²) in [6.07, 6.45) is 6.88. The lowest BCUT2D eigenvalue weighted by atomic mass is 10.1. The van der Waals surface area contributed by atoms with Crippen LogP contribution in [0.2, 0.25) is 0 Å². The van der Waals surface area contributed by atoms with Crippen LogP contribution in [0.15, 0.2) is 23.3 Å². The van der Waals surface area contributed by atoms with Crippen LogP contribution in [-0.2, 0) is 0 Å². The van der Waals surface area contributed by atoms with Gasteiger partial charge in [0.25, 0.3) is 0 Å². The van der Waals surface area contributed by atoms with Gasteiger partial charge in [-0.25, -0.2) is 0 Å². The van der Waals surface area contributed by atoms with Crippen LogP contribution in [0.3, 0.4) is 0 Å². The first-order chi connectivity index (χ1) is 6.06. The number of rotatable bonds is 5. The highest BCUT2D eigenvalue weighted by molar-refractivity contribution is 5.04. The Hall–Kier alpha value is -0.560. The molecule has 0 radical (unpaired) electrons. The van der Waals surface area contributed by atoms with E-state index in [1.165, 1.54) is 11.1 Å². The molecular formula is C12H22O. The van der Waals surface area contributed by atoms with Crippen molar-refractivity contribution in [3.05, 3.63) is 23.3 Å². The standard InChI is InChI=1S/C12H22O/c1-5-12(13)9-11(4)8-6-7-10(2)3/h7,9,12-13H,5-6,8H2,1-4H3/b11-9+. The van der Waals surface area contributed by atoms with Crippen LogP contribution in [0, 0.1) is 0 Å². The summed E-state index contributed by atoms with van der Waals surface area (Å²) < 4.78 is 0. The molecule has 0 spiro atoms. The maximum atomic E-state index is 9.35. The number of hydrogen-bond acceptors (Lipinski definition) is 1. The highest BCUT2D eigenvalue weighted by atomic mass is 16.3. The molecule has 0 aliphatic rings. The van der Waals surface area contributed by atoms with Crippen molar-refractivity contribution in [1.82, 2.24) is 0 Å². The van der Waals surface area contributed by atoms with E-state index in [0.29, 0.717) is 0 Å². The first-order valence-electron chi connectivity index (χ1n) is 5.05. The molecule has 0 aromatic heterocycles. The number of aliphatic hydroxyl groups is 1. The summed E-state index contributed by atoms with van der Waals surface area (Å²) in [6, 6.07) is 0. The fourth-order valence-corrected chi connectivity index (χ4v) is 1.12. The van der Waals surface area contributed by atoms with Crippen molar-refractivity contribution in [2.24, 2.45) is 0 Å². The number of aliphatic hydroxyl groups excluding tert-OH is 1. The van der Waals surface area contributed by atoms with E-state index in [9.17, 15) is 5.11 Å². The molecule has 13 heavy (non-hydrogen) atoms. The lowest BCUT2D eigenvalue weighted by Gasteiger charge is -2.03. The molecule has 1 N–H and O–H groups in total. The van der Waals surface area contributed by atoms with Gasteiger partial charge in [-0.3, -0.25) is 0 Å². The molecule has 0 heterocycles. The Bertz CT molecular complexity index is 185. The molecule has 0 aliphatic carbocycles.